The Kier molecular flexibility index (Phi) is 6.31. The van der Waals surface area contributed by atoms with Gasteiger partial charge in [-0.2, -0.15) is 0 Å². The van der Waals surface area contributed by atoms with E-state index >= 15 is 0 Å². The first-order chi connectivity index (χ1) is 11.7. The average molecular weight is 533 g/mol. The van der Waals surface area contributed by atoms with Crippen LogP contribution < -0.4 is 0 Å². The molecule has 0 saturated heterocycles. The van der Waals surface area contributed by atoms with Crippen molar-refractivity contribution in [3.63, 3.8) is 0 Å². The van der Waals surface area contributed by atoms with E-state index in [1.54, 1.807) is 0 Å². The molecule has 0 amide bonds. The Hall–Kier alpha value is -0.941. The molecule has 0 heterocycles. The van der Waals surface area contributed by atoms with E-state index in [0.29, 0.717) is 0 Å². The second-order valence-electron chi connectivity index (χ2n) is 4.60. The van der Waals surface area contributed by atoms with Gasteiger partial charge in [0.25, 0.3) is 0 Å². The number of hydrogen-bond donors (Lipinski definition) is 0. The van der Waals surface area contributed by atoms with Gasteiger partial charge in [-0.05, 0) is 0 Å². The van der Waals surface area contributed by atoms with Crippen LogP contribution in [0.2, 0.25) is 0 Å². The maximum atomic E-state index is 13.0. The molecule has 0 atom stereocenters. The molecule has 0 spiro atoms. The van der Waals surface area contributed by atoms with Crippen molar-refractivity contribution in [2.75, 3.05) is 0 Å². The Bertz CT molecular complexity index is 558. The van der Waals surface area contributed by atoms with Gasteiger partial charge in [0, 0.05) is 0 Å². The van der Waals surface area contributed by atoms with Gasteiger partial charge in [-0.15, -0.1) is 0 Å². The third-order valence-electron chi connectivity index (χ3n) is 2.70. The molecule has 0 fully saturated rings. The topological polar surface area (TPSA) is 17.1 Å². The third-order valence-corrected chi connectivity index (χ3v) is 5.73. The Morgan fingerprint density at radius 1 is 0.357 bits per heavy atom. The van der Waals surface area contributed by atoms with E-state index in [-0.39, 0.29) is 0 Å². The minimum absolute atomic E-state index is 7.69. The summed E-state index contributed by atoms with van der Waals surface area (Å²) in [6, 6.07) is 0. The fourth-order valence-electron chi connectivity index (χ4n) is 1.12. The second-order valence-corrected chi connectivity index (χ2v) is 7.87. The van der Waals surface area contributed by atoms with Crippen molar-refractivity contribution in [3.05, 3.63) is 0 Å². The molecule has 0 aliphatic heterocycles. The summed E-state index contributed by atoms with van der Waals surface area (Å²) in [7, 11) is 0. The fraction of sp³-hybridized carbons (Fsp3) is 1.00. The van der Waals surface area contributed by atoms with Gasteiger partial charge in [-0.3, -0.25) is 0 Å². The molecule has 20 heteroatoms. The first kappa shape index (κ1) is 27.1. The normalized spacial score (nSPS) is 16.7. The number of rotatable bonds is 6. The fourth-order valence-corrected chi connectivity index (χ4v) is 3.31. The molecule has 28 heavy (non-hydrogen) atoms. The number of halogens is 18. The van der Waals surface area contributed by atoms with Crippen LogP contribution in [0.4, 0.5) is 79.0 Å². The molecule has 170 valence electrons. The van der Waals surface area contributed by atoms with Crippen molar-refractivity contribution in [1.29, 1.82) is 0 Å². The van der Waals surface area contributed by atoms with Crippen LogP contribution in [-0.2, 0) is 3.83 Å². The summed E-state index contributed by atoms with van der Waals surface area (Å²) in [5.41, 5.74) is 0. The molecule has 0 N–H and O–H groups in total. The van der Waals surface area contributed by atoms with Crippen molar-refractivity contribution < 1.29 is 82.9 Å². The van der Waals surface area contributed by atoms with Gasteiger partial charge in [0.15, 0.2) is 0 Å². The van der Waals surface area contributed by atoms with Crippen LogP contribution in [0, 0.1) is 0 Å². The minimum atomic E-state index is -8.41. The van der Waals surface area contributed by atoms with Crippen molar-refractivity contribution in [2.45, 2.75) is 45.7 Å². The predicted molar refractivity (Wildman–Crippen MR) is 48.2 cm³/mol. The van der Waals surface area contributed by atoms with E-state index in [2.05, 4.69) is 0 Å². The molecule has 0 bridgehead atoms. The SMILES string of the molecule is O=[Se](C(F)(F)C(F)(F)C(F)(F)C(F)(F)F)C(F)(F)C(F)(F)C(F)(F)C(F)(F)F. The Balaban J connectivity index is 6.54. The summed E-state index contributed by atoms with van der Waals surface area (Å²) >= 11 is -8.41. The molecule has 0 aromatic heterocycles. The molecule has 0 radical (unpaired) electrons. The van der Waals surface area contributed by atoms with E-state index in [1.807, 2.05) is 0 Å². The van der Waals surface area contributed by atoms with Crippen LogP contribution in [0.3, 0.4) is 0 Å². The van der Waals surface area contributed by atoms with E-state index in [0.717, 1.165) is 0 Å². The van der Waals surface area contributed by atoms with Gasteiger partial charge < -0.3 is 0 Å². The van der Waals surface area contributed by atoms with Crippen LogP contribution in [0.15, 0.2) is 0 Å². The zero-order valence-electron chi connectivity index (χ0n) is 11.6. The van der Waals surface area contributed by atoms with Gasteiger partial charge in [-0.1, -0.05) is 0 Å². The monoisotopic (exact) mass is 534 g/mol. The van der Waals surface area contributed by atoms with Crippen molar-refractivity contribution in [1.82, 2.24) is 0 Å². The van der Waals surface area contributed by atoms with Crippen LogP contribution in [0.25, 0.3) is 0 Å². The average Bonchev–Trinajstić information content (AvgIpc) is 2.42. The Labute approximate surface area is 143 Å². The standard InChI is InChI=1S/C8F18OSe/c9-1(10,5(17,18)19)3(13,14)7(23,24)28(27)8(25,26)4(15,16)2(11,12)6(20,21)22. The molecule has 0 aromatic carbocycles. The van der Waals surface area contributed by atoms with Gasteiger partial charge >= 0.3 is 142 Å². The van der Waals surface area contributed by atoms with Crippen molar-refractivity contribution in [2.24, 2.45) is 0 Å². The summed E-state index contributed by atoms with van der Waals surface area (Å²) in [4.78, 5) is -16.0. The molecule has 0 saturated carbocycles. The molecule has 0 aliphatic rings. The summed E-state index contributed by atoms with van der Waals surface area (Å²) in [6.45, 7) is 0. The molecule has 0 aliphatic carbocycles. The first-order valence-electron chi connectivity index (χ1n) is 5.48. The van der Waals surface area contributed by atoms with E-state index < -0.39 is 59.5 Å². The zero-order valence-corrected chi connectivity index (χ0v) is 13.3. The summed E-state index contributed by atoms with van der Waals surface area (Å²) in [6.07, 6.45) is -15.4. The van der Waals surface area contributed by atoms with Crippen LogP contribution in [-0.4, -0.2) is 59.5 Å². The van der Waals surface area contributed by atoms with Gasteiger partial charge in [0.05, 0.1) is 0 Å². The summed E-state index contributed by atoms with van der Waals surface area (Å²) < 4.78 is 234. The summed E-state index contributed by atoms with van der Waals surface area (Å²) in [5.74, 6) is -32.5. The predicted octanol–water partition coefficient (Wildman–Crippen LogP) is 5.42. The Morgan fingerprint density at radius 2 is 0.536 bits per heavy atom. The molecule has 1 nitrogen and oxygen atoms in total. The maximum absolute atomic E-state index is 13.0. The van der Waals surface area contributed by atoms with Gasteiger partial charge in [0.2, 0.25) is 0 Å². The van der Waals surface area contributed by atoms with Crippen LogP contribution in [0.1, 0.15) is 0 Å². The third kappa shape index (κ3) is 3.43. The summed E-state index contributed by atoms with van der Waals surface area (Å²) in [5, 5.41) is 0. The van der Waals surface area contributed by atoms with Crippen LogP contribution >= 0.6 is 0 Å². The second kappa shape index (κ2) is 6.53. The number of hydrogen-bond acceptors (Lipinski definition) is 1. The zero-order chi connectivity index (χ0) is 23.6. The van der Waals surface area contributed by atoms with Crippen molar-refractivity contribution in [3.8, 4) is 0 Å². The first-order valence-corrected chi connectivity index (χ1v) is 7.89. The Morgan fingerprint density at radius 3 is 0.679 bits per heavy atom. The number of alkyl halides is 18. The van der Waals surface area contributed by atoms with Gasteiger partial charge in [-0.25, -0.2) is 0 Å². The molecule has 0 aromatic rings. The molecular formula is C8F18OSe. The molecule has 0 rings (SSSR count). The molecular weight excluding hydrogens is 533 g/mol. The molecule has 0 unspecified atom stereocenters. The van der Waals surface area contributed by atoms with Crippen LogP contribution in [0.5, 0.6) is 0 Å². The van der Waals surface area contributed by atoms with E-state index in [4.69, 9.17) is 0 Å². The van der Waals surface area contributed by atoms with E-state index in [1.165, 1.54) is 0 Å². The quantitative estimate of drug-likeness (QED) is 0.330. The van der Waals surface area contributed by atoms with E-state index in [9.17, 15) is 82.9 Å². The van der Waals surface area contributed by atoms with Crippen molar-refractivity contribution >= 4 is 13.8 Å². The van der Waals surface area contributed by atoms with Gasteiger partial charge in [0.1, 0.15) is 0 Å².